The van der Waals surface area contributed by atoms with E-state index >= 15 is 0 Å². The van der Waals surface area contributed by atoms with Crippen molar-refractivity contribution >= 4 is 17.9 Å². The van der Waals surface area contributed by atoms with E-state index in [1.165, 1.54) is 30.5 Å². The van der Waals surface area contributed by atoms with E-state index in [1.807, 2.05) is 0 Å². The van der Waals surface area contributed by atoms with Gasteiger partial charge in [-0.2, -0.15) is 0 Å². The Hall–Kier alpha value is -3.19. The third kappa shape index (κ3) is 2.31. The molecule has 0 aromatic heterocycles. The number of phenols is 2. The molecule has 0 saturated heterocycles. The normalized spacial score (nSPS) is 19.5. The summed E-state index contributed by atoms with van der Waals surface area (Å²) >= 11 is 0. The molecule has 0 saturated carbocycles. The third-order valence-corrected chi connectivity index (χ3v) is 3.95. The topological polar surface area (TPSA) is 121 Å². The van der Waals surface area contributed by atoms with E-state index in [-0.39, 0.29) is 23.3 Å². The SMILES string of the molecule is O=C(O)C1(O)C(O)=c2ccccc2=CN1Cc1ccc(O)c(O)c1. The van der Waals surface area contributed by atoms with E-state index in [0.29, 0.717) is 10.8 Å². The highest BCUT2D eigenvalue weighted by atomic mass is 16.4. The van der Waals surface area contributed by atoms with E-state index in [2.05, 4.69) is 0 Å². The van der Waals surface area contributed by atoms with Crippen LogP contribution >= 0.6 is 0 Å². The van der Waals surface area contributed by atoms with Crippen molar-refractivity contribution in [2.75, 3.05) is 0 Å². The van der Waals surface area contributed by atoms with Crippen molar-refractivity contribution in [2.45, 2.75) is 12.3 Å². The minimum absolute atomic E-state index is 0.116. The van der Waals surface area contributed by atoms with E-state index in [1.54, 1.807) is 18.2 Å². The number of rotatable bonds is 3. The van der Waals surface area contributed by atoms with Crippen molar-refractivity contribution in [1.29, 1.82) is 0 Å². The molecule has 0 bridgehead atoms. The Balaban J connectivity index is 2.13. The number of benzene rings is 2. The Labute approximate surface area is 136 Å². The first kappa shape index (κ1) is 15.7. The van der Waals surface area contributed by atoms with Crippen LogP contribution in [0, 0.1) is 0 Å². The number of aliphatic hydroxyl groups excluding tert-OH is 1. The van der Waals surface area contributed by atoms with Crippen LogP contribution in [0.1, 0.15) is 5.56 Å². The fourth-order valence-corrected chi connectivity index (χ4v) is 2.66. The van der Waals surface area contributed by atoms with Gasteiger partial charge in [0.25, 0.3) is 5.72 Å². The molecule has 2 aromatic carbocycles. The minimum Gasteiger partial charge on any atom is -0.506 e. The molecule has 1 aliphatic rings. The number of aliphatic hydroxyl groups is 2. The molecule has 7 nitrogen and oxygen atoms in total. The Morgan fingerprint density at radius 1 is 1.04 bits per heavy atom. The first-order chi connectivity index (χ1) is 11.3. The van der Waals surface area contributed by atoms with Crippen LogP contribution in [0.2, 0.25) is 0 Å². The number of nitrogens with zero attached hydrogens (tertiary/aromatic N) is 1. The molecule has 3 rings (SSSR count). The van der Waals surface area contributed by atoms with Gasteiger partial charge in [0.05, 0.1) is 0 Å². The Morgan fingerprint density at radius 2 is 1.75 bits per heavy atom. The fraction of sp³-hybridized carbons (Fsp3) is 0.118. The standard InChI is InChI=1S/C17H15NO6/c19-13-6-5-10(7-14(13)20)8-18-9-11-3-1-2-4-12(11)15(21)17(18,24)16(22)23/h1-7,9,19-21,24H,8H2,(H,22,23). The summed E-state index contributed by atoms with van der Waals surface area (Å²) in [4.78, 5) is 12.7. The molecule has 0 fully saturated rings. The second kappa shape index (κ2) is 5.47. The summed E-state index contributed by atoms with van der Waals surface area (Å²) in [6.07, 6.45) is 1.42. The van der Waals surface area contributed by atoms with Gasteiger partial charge < -0.3 is 30.4 Å². The zero-order chi connectivity index (χ0) is 17.5. The molecule has 5 N–H and O–H groups in total. The maximum Gasteiger partial charge on any atom is 0.365 e. The summed E-state index contributed by atoms with van der Waals surface area (Å²) in [7, 11) is 0. The largest absolute Gasteiger partial charge is 0.506 e. The highest BCUT2D eigenvalue weighted by Gasteiger charge is 2.47. The quantitative estimate of drug-likeness (QED) is 0.494. The summed E-state index contributed by atoms with van der Waals surface area (Å²) in [5.74, 6) is -2.99. The van der Waals surface area contributed by atoms with Gasteiger partial charge in [0.1, 0.15) is 0 Å². The summed E-state index contributed by atoms with van der Waals surface area (Å²) in [5, 5.41) is 50.1. The molecule has 2 aromatic rings. The number of carboxylic acid groups (broad SMARTS) is 1. The van der Waals surface area contributed by atoms with Crippen LogP contribution in [-0.2, 0) is 11.3 Å². The van der Waals surface area contributed by atoms with Crippen molar-refractivity contribution < 1.29 is 30.3 Å². The second-order valence-electron chi connectivity index (χ2n) is 5.49. The number of aromatic hydroxyl groups is 2. The maximum atomic E-state index is 11.6. The molecule has 0 spiro atoms. The predicted octanol–water partition coefficient (Wildman–Crippen LogP) is -0.209. The van der Waals surface area contributed by atoms with Gasteiger partial charge in [0, 0.05) is 23.2 Å². The van der Waals surface area contributed by atoms with E-state index in [9.17, 15) is 30.3 Å². The number of phenolic OH excluding ortho intramolecular Hbond substituents is 2. The molecular weight excluding hydrogens is 314 g/mol. The molecule has 0 amide bonds. The molecule has 1 heterocycles. The van der Waals surface area contributed by atoms with Gasteiger partial charge in [-0.3, -0.25) is 0 Å². The van der Waals surface area contributed by atoms with Gasteiger partial charge in [-0.15, -0.1) is 0 Å². The number of carboxylic acids is 1. The summed E-state index contributed by atoms with van der Waals surface area (Å²) < 4.78 is 0. The second-order valence-corrected chi connectivity index (χ2v) is 5.49. The summed E-state index contributed by atoms with van der Waals surface area (Å²) in [6, 6.07) is 10.5. The van der Waals surface area contributed by atoms with Gasteiger partial charge in [0.2, 0.25) is 0 Å². The molecule has 24 heavy (non-hydrogen) atoms. The lowest BCUT2D eigenvalue weighted by Gasteiger charge is -2.37. The van der Waals surface area contributed by atoms with Crippen LogP contribution in [0.4, 0.5) is 0 Å². The van der Waals surface area contributed by atoms with Gasteiger partial charge >= 0.3 is 5.97 Å². The zero-order valence-electron chi connectivity index (χ0n) is 12.4. The minimum atomic E-state index is -2.64. The summed E-state index contributed by atoms with van der Waals surface area (Å²) in [5.41, 5.74) is -2.20. The van der Waals surface area contributed by atoms with Crippen LogP contribution < -0.4 is 10.4 Å². The maximum absolute atomic E-state index is 11.6. The fourth-order valence-electron chi connectivity index (χ4n) is 2.66. The average molecular weight is 329 g/mol. The number of carbonyl (C=O) groups is 1. The smallest absolute Gasteiger partial charge is 0.365 e. The third-order valence-electron chi connectivity index (χ3n) is 3.95. The van der Waals surface area contributed by atoms with Crippen LogP contribution in [0.25, 0.3) is 12.0 Å². The lowest BCUT2D eigenvalue weighted by Crippen LogP contribution is -2.59. The Kier molecular flexibility index (Phi) is 3.57. The van der Waals surface area contributed by atoms with Gasteiger partial charge in [-0.25, -0.2) is 4.79 Å². The lowest BCUT2D eigenvalue weighted by atomic mass is 10.0. The molecule has 7 heteroatoms. The van der Waals surface area contributed by atoms with Crippen molar-refractivity contribution in [1.82, 2.24) is 4.90 Å². The van der Waals surface area contributed by atoms with E-state index in [0.717, 1.165) is 4.90 Å². The van der Waals surface area contributed by atoms with Crippen molar-refractivity contribution in [3.63, 3.8) is 0 Å². The van der Waals surface area contributed by atoms with Crippen molar-refractivity contribution in [3.05, 3.63) is 58.5 Å². The van der Waals surface area contributed by atoms with Crippen LogP contribution in [0.15, 0.2) is 42.5 Å². The monoisotopic (exact) mass is 329 g/mol. The summed E-state index contributed by atoms with van der Waals surface area (Å²) in [6.45, 7) is -0.116. The zero-order valence-corrected chi connectivity index (χ0v) is 12.4. The molecule has 1 aliphatic heterocycles. The van der Waals surface area contributed by atoms with Crippen LogP contribution in [-0.4, -0.2) is 42.1 Å². The Morgan fingerprint density at radius 3 is 2.42 bits per heavy atom. The van der Waals surface area contributed by atoms with Gasteiger partial charge in [0.15, 0.2) is 17.3 Å². The number of aliphatic carboxylic acids is 1. The van der Waals surface area contributed by atoms with Crippen LogP contribution in [0.3, 0.4) is 0 Å². The first-order valence-corrected chi connectivity index (χ1v) is 7.08. The highest BCUT2D eigenvalue weighted by Crippen LogP contribution is 2.29. The van der Waals surface area contributed by atoms with Crippen molar-refractivity contribution in [3.8, 4) is 11.5 Å². The number of hydrogen-bond donors (Lipinski definition) is 5. The molecule has 1 atom stereocenters. The Bertz CT molecular complexity index is 938. The van der Waals surface area contributed by atoms with E-state index in [4.69, 9.17) is 0 Å². The van der Waals surface area contributed by atoms with Gasteiger partial charge in [-0.05, 0) is 17.7 Å². The molecule has 0 aliphatic carbocycles. The first-order valence-electron chi connectivity index (χ1n) is 7.08. The number of fused-ring (bicyclic) bond motifs is 1. The van der Waals surface area contributed by atoms with Crippen LogP contribution in [0.5, 0.6) is 11.5 Å². The highest BCUT2D eigenvalue weighted by molar-refractivity contribution is 5.88. The van der Waals surface area contributed by atoms with Gasteiger partial charge in [-0.1, -0.05) is 30.3 Å². The average Bonchev–Trinajstić information content (AvgIpc) is 2.55. The predicted molar refractivity (Wildman–Crippen MR) is 84.1 cm³/mol. The lowest BCUT2D eigenvalue weighted by molar-refractivity contribution is -0.167. The molecular formula is C17H15NO6. The molecule has 1 unspecified atom stereocenters. The molecule has 0 radical (unpaired) electrons. The van der Waals surface area contributed by atoms with Crippen molar-refractivity contribution in [2.24, 2.45) is 0 Å². The number of hydrogen-bond acceptors (Lipinski definition) is 6. The van der Waals surface area contributed by atoms with E-state index < -0.39 is 17.5 Å². The molecule has 124 valence electrons.